The Hall–Kier alpha value is -2.45. The van der Waals surface area contributed by atoms with Crippen molar-refractivity contribution in [3.8, 4) is 0 Å². The number of carbonyl (C=O) groups is 1. The van der Waals surface area contributed by atoms with Crippen LogP contribution in [0.3, 0.4) is 0 Å². The third-order valence-electron chi connectivity index (χ3n) is 4.97. The number of morpholine rings is 1. The number of nitrogens with one attached hydrogen (secondary N) is 2. The maximum absolute atomic E-state index is 12.8. The molecule has 0 saturated carbocycles. The number of thiazole rings is 1. The molecule has 1 aliphatic rings. The fraction of sp³-hybridized carbons (Fsp3) is 0.522. The second-order valence-corrected chi connectivity index (χ2v) is 9.22. The van der Waals surface area contributed by atoms with E-state index in [0.717, 1.165) is 36.0 Å². The van der Waals surface area contributed by atoms with Crippen molar-refractivity contribution in [3.63, 3.8) is 0 Å². The van der Waals surface area contributed by atoms with Gasteiger partial charge in [0, 0.05) is 49.2 Å². The summed E-state index contributed by atoms with van der Waals surface area (Å²) >= 11 is 1.73. The van der Waals surface area contributed by atoms with Gasteiger partial charge in [0.15, 0.2) is 5.96 Å². The lowest BCUT2D eigenvalue weighted by molar-refractivity contribution is -0.0586. The third-order valence-corrected chi connectivity index (χ3v) is 5.94. The highest BCUT2D eigenvalue weighted by molar-refractivity contribution is 7.11. The average Bonchev–Trinajstić information content (AvgIpc) is 3.16. The fourth-order valence-corrected chi connectivity index (χ4v) is 4.38. The summed E-state index contributed by atoms with van der Waals surface area (Å²) in [5.41, 5.74) is 1.77. The summed E-state index contributed by atoms with van der Waals surface area (Å²) in [6.07, 6.45) is 2.92. The number of hydrogen-bond donors (Lipinski definition) is 2. The molecule has 0 spiro atoms. The highest BCUT2D eigenvalue weighted by Crippen LogP contribution is 2.15. The molecule has 2 aromatic rings. The SMILES string of the molecule is CCNC(=NCc1ccc(C(=O)N2CC(C)OC(C)C2)cc1)NCCc1ncc(C)s1. The minimum absolute atomic E-state index is 0.0597. The molecule has 31 heavy (non-hydrogen) atoms. The zero-order valence-electron chi connectivity index (χ0n) is 18.9. The normalized spacial score (nSPS) is 19.4. The van der Waals surface area contributed by atoms with E-state index in [0.29, 0.717) is 25.2 Å². The van der Waals surface area contributed by atoms with Crippen molar-refractivity contribution < 1.29 is 9.53 Å². The fourth-order valence-electron chi connectivity index (χ4n) is 3.60. The Balaban J connectivity index is 1.54. The van der Waals surface area contributed by atoms with E-state index in [1.54, 1.807) is 11.3 Å². The first-order valence-electron chi connectivity index (χ1n) is 10.9. The molecule has 2 heterocycles. The van der Waals surface area contributed by atoms with E-state index >= 15 is 0 Å². The molecule has 8 heteroatoms. The van der Waals surface area contributed by atoms with Gasteiger partial charge < -0.3 is 20.3 Å². The van der Waals surface area contributed by atoms with E-state index in [1.807, 2.05) is 49.2 Å². The third kappa shape index (κ3) is 7.04. The molecule has 1 aliphatic heterocycles. The van der Waals surface area contributed by atoms with Gasteiger partial charge in [-0.15, -0.1) is 11.3 Å². The van der Waals surface area contributed by atoms with Crippen LogP contribution < -0.4 is 10.6 Å². The largest absolute Gasteiger partial charge is 0.372 e. The van der Waals surface area contributed by atoms with E-state index in [1.165, 1.54) is 4.88 Å². The van der Waals surface area contributed by atoms with Crippen molar-refractivity contribution >= 4 is 23.2 Å². The van der Waals surface area contributed by atoms with Gasteiger partial charge in [0.05, 0.1) is 23.8 Å². The first-order chi connectivity index (χ1) is 14.9. The maximum atomic E-state index is 12.8. The molecule has 2 unspecified atom stereocenters. The Kier molecular flexibility index (Phi) is 8.43. The molecular formula is C23H33N5O2S. The number of aliphatic imine (C=N–C) groups is 1. The van der Waals surface area contributed by atoms with Crippen molar-refractivity contribution in [1.29, 1.82) is 0 Å². The molecule has 2 N–H and O–H groups in total. The average molecular weight is 444 g/mol. The number of nitrogens with zero attached hydrogens (tertiary/aromatic N) is 3. The quantitative estimate of drug-likeness (QED) is 0.508. The van der Waals surface area contributed by atoms with Gasteiger partial charge in [0.1, 0.15) is 0 Å². The van der Waals surface area contributed by atoms with Gasteiger partial charge in [0.25, 0.3) is 5.91 Å². The minimum atomic E-state index is 0.0597. The summed E-state index contributed by atoms with van der Waals surface area (Å²) in [5, 5.41) is 7.77. The monoisotopic (exact) mass is 443 g/mol. The Morgan fingerprint density at radius 2 is 1.94 bits per heavy atom. The molecule has 3 rings (SSSR count). The second-order valence-electron chi connectivity index (χ2n) is 7.90. The Labute approximate surface area is 188 Å². The van der Waals surface area contributed by atoms with Gasteiger partial charge in [-0.3, -0.25) is 4.79 Å². The standard InChI is InChI=1S/C23H33N5O2S/c1-5-24-23(25-11-10-21-26-12-18(4)31-21)27-13-19-6-8-20(9-7-19)22(29)28-14-16(2)30-17(3)15-28/h6-9,12,16-17H,5,10-11,13-15H2,1-4H3,(H2,24,25,27). The van der Waals surface area contributed by atoms with Crippen LogP contribution in [-0.4, -0.2) is 60.1 Å². The number of benzene rings is 1. The van der Waals surface area contributed by atoms with Gasteiger partial charge >= 0.3 is 0 Å². The number of guanidine groups is 1. The summed E-state index contributed by atoms with van der Waals surface area (Å²) < 4.78 is 5.73. The van der Waals surface area contributed by atoms with E-state index < -0.39 is 0 Å². The van der Waals surface area contributed by atoms with Gasteiger partial charge in [0.2, 0.25) is 0 Å². The van der Waals surface area contributed by atoms with Crippen molar-refractivity contribution in [2.75, 3.05) is 26.2 Å². The topological polar surface area (TPSA) is 78.9 Å². The van der Waals surface area contributed by atoms with Crippen molar-refractivity contribution in [3.05, 3.63) is 51.5 Å². The van der Waals surface area contributed by atoms with Crippen molar-refractivity contribution in [2.45, 2.75) is 52.9 Å². The Morgan fingerprint density at radius 1 is 1.23 bits per heavy atom. The Morgan fingerprint density at radius 3 is 2.55 bits per heavy atom. The van der Waals surface area contributed by atoms with Crippen LogP contribution in [0.2, 0.25) is 0 Å². The lowest BCUT2D eigenvalue weighted by atomic mass is 10.1. The van der Waals surface area contributed by atoms with Gasteiger partial charge in [-0.05, 0) is 45.4 Å². The lowest BCUT2D eigenvalue weighted by Gasteiger charge is -2.35. The number of rotatable bonds is 7. The van der Waals surface area contributed by atoms with E-state index in [4.69, 9.17) is 4.74 Å². The maximum Gasteiger partial charge on any atom is 0.254 e. The van der Waals surface area contributed by atoms with Crippen LogP contribution in [0.1, 0.15) is 46.6 Å². The zero-order valence-corrected chi connectivity index (χ0v) is 19.7. The number of ether oxygens (including phenoxy) is 1. The second kappa shape index (κ2) is 11.2. The number of aryl methyl sites for hydroxylation is 1. The number of aromatic nitrogens is 1. The molecule has 1 saturated heterocycles. The van der Waals surface area contributed by atoms with Crippen LogP contribution in [0, 0.1) is 6.92 Å². The highest BCUT2D eigenvalue weighted by atomic mass is 32.1. The summed E-state index contributed by atoms with van der Waals surface area (Å²) in [5.74, 6) is 0.844. The molecule has 1 fully saturated rings. The number of amides is 1. The number of carbonyl (C=O) groups excluding carboxylic acids is 1. The molecule has 1 aromatic heterocycles. The highest BCUT2D eigenvalue weighted by Gasteiger charge is 2.26. The molecule has 0 aliphatic carbocycles. The predicted octanol–water partition coefficient (Wildman–Crippen LogP) is 3.00. The van der Waals surface area contributed by atoms with Crippen molar-refractivity contribution in [2.24, 2.45) is 4.99 Å². The summed E-state index contributed by atoms with van der Waals surface area (Å²) in [7, 11) is 0. The van der Waals surface area contributed by atoms with Crippen LogP contribution in [0.4, 0.5) is 0 Å². The zero-order chi connectivity index (χ0) is 22.2. The molecule has 2 atom stereocenters. The van der Waals surface area contributed by atoms with Crippen LogP contribution in [0.5, 0.6) is 0 Å². The van der Waals surface area contributed by atoms with Crippen LogP contribution in [-0.2, 0) is 17.7 Å². The first-order valence-corrected chi connectivity index (χ1v) is 11.7. The molecular weight excluding hydrogens is 410 g/mol. The molecule has 7 nitrogen and oxygen atoms in total. The van der Waals surface area contributed by atoms with Crippen LogP contribution in [0.15, 0.2) is 35.5 Å². The first kappa shape index (κ1) is 23.2. The van der Waals surface area contributed by atoms with Crippen molar-refractivity contribution in [1.82, 2.24) is 20.5 Å². The lowest BCUT2D eigenvalue weighted by Crippen LogP contribution is -2.48. The van der Waals surface area contributed by atoms with Crippen LogP contribution >= 0.6 is 11.3 Å². The van der Waals surface area contributed by atoms with E-state index in [-0.39, 0.29) is 18.1 Å². The molecule has 1 amide bonds. The number of hydrogen-bond acceptors (Lipinski definition) is 5. The molecule has 0 radical (unpaired) electrons. The summed E-state index contributed by atoms with van der Waals surface area (Å²) in [6.45, 7) is 11.5. The molecule has 0 bridgehead atoms. The minimum Gasteiger partial charge on any atom is -0.372 e. The smallest absolute Gasteiger partial charge is 0.254 e. The Bertz CT molecular complexity index is 870. The van der Waals surface area contributed by atoms with Gasteiger partial charge in [-0.1, -0.05) is 12.1 Å². The summed E-state index contributed by atoms with van der Waals surface area (Å²) in [4.78, 5) is 25.0. The van der Waals surface area contributed by atoms with Gasteiger partial charge in [-0.25, -0.2) is 9.98 Å². The summed E-state index contributed by atoms with van der Waals surface area (Å²) in [6, 6.07) is 7.74. The predicted molar refractivity (Wildman–Crippen MR) is 126 cm³/mol. The van der Waals surface area contributed by atoms with E-state index in [9.17, 15) is 4.79 Å². The van der Waals surface area contributed by atoms with Crippen LogP contribution in [0.25, 0.3) is 0 Å². The molecule has 1 aromatic carbocycles. The van der Waals surface area contributed by atoms with E-state index in [2.05, 4.69) is 34.5 Å². The van der Waals surface area contributed by atoms with Gasteiger partial charge in [-0.2, -0.15) is 0 Å². The molecule has 168 valence electrons.